The predicted molar refractivity (Wildman–Crippen MR) is 52.1 cm³/mol. The van der Waals surface area contributed by atoms with Crippen molar-refractivity contribution in [3.8, 4) is 0 Å². The Morgan fingerprint density at radius 1 is 1.25 bits per heavy atom. The summed E-state index contributed by atoms with van der Waals surface area (Å²) in [6.45, 7) is 4.04. The maximum Gasteiger partial charge on any atom is 0.147 e. The Balaban J connectivity index is 3.44. The van der Waals surface area contributed by atoms with E-state index < -0.39 is 9.84 Å². The zero-order valence-electron chi connectivity index (χ0n) is 8.21. The molecule has 74 valence electrons. The number of rotatable bonds is 6. The summed E-state index contributed by atoms with van der Waals surface area (Å²) >= 11 is 0. The van der Waals surface area contributed by atoms with Crippen LogP contribution in [0.1, 0.15) is 19.8 Å². The van der Waals surface area contributed by atoms with Crippen molar-refractivity contribution >= 4 is 9.84 Å². The smallest absolute Gasteiger partial charge is 0.147 e. The summed E-state index contributed by atoms with van der Waals surface area (Å²) in [5.74, 6) is 0.307. The van der Waals surface area contributed by atoms with Crippen LogP contribution < -0.4 is 0 Å². The number of hydrogen-bond donors (Lipinski definition) is 0. The summed E-state index contributed by atoms with van der Waals surface area (Å²) in [4.78, 5) is 2.16. The molecule has 0 heterocycles. The molecule has 0 saturated carbocycles. The normalized spacial score (nSPS) is 12.3. The van der Waals surface area contributed by atoms with Gasteiger partial charge in [0.1, 0.15) is 9.84 Å². The summed E-state index contributed by atoms with van der Waals surface area (Å²) in [5.41, 5.74) is 0. The summed E-state index contributed by atoms with van der Waals surface area (Å²) in [6, 6.07) is 0. The summed E-state index contributed by atoms with van der Waals surface area (Å²) in [6.07, 6.45) is 3.15. The minimum absolute atomic E-state index is 0.307. The molecule has 0 fully saturated rings. The van der Waals surface area contributed by atoms with Gasteiger partial charge in [-0.1, -0.05) is 6.92 Å². The van der Waals surface area contributed by atoms with E-state index in [1.54, 1.807) is 0 Å². The SMILES string of the molecule is CCCN(C)CCCS(C)(=O)=O. The summed E-state index contributed by atoms with van der Waals surface area (Å²) in [7, 11) is -0.742. The molecule has 0 radical (unpaired) electrons. The molecule has 0 aliphatic carbocycles. The molecule has 0 aliphatic rings. The van der Waals surface area contributed by atoms with Crippen molar-refractivity contribution in [3.05, 3.63) is 0 Å². The topological polar surface area (TPSA) is 37.4 Å². The number of nitrogens with zero attached hydrogens (tertiary/aromatic N) is 1. The Bertz CT molecular complexity index is 199. The Hall–Kier alpha value is -0.0900. The predicted octanol–water partition coefficient (Wildman–Crippen LogP) is 0.763. The zero-order valence-corrected chi connectivity index (χ0v) is 9.02. The fourth-order valence-electron chi connectivity index (χ4n) is 1.09. The molecule has 0 aromatic heterocycles. The van der Waals surface area contributed by atoms with Crippen LogP contribution in [0.5, 0.6) is 0 Å². The average molecular weight is 193 g/mol. The van der Waals surface area contributed by atoms with Crippen molar-refractivity contribution in [2.45, 2.75) is 19.8 Å². The third kappa shape index (κ3) is 8.01. The molecule has 0 unspecified atom stereocenters. The number of hydrogen-bond acceptors (Lipinski definition) is 3. The molecule has 0 bridgehead atoms. The van der Waals surface area contributed by atoms with E-state index in [1.165, 1.54) is 6.26 Å². The molecule has 0 saturated heterocycles. The first kappa shape index (κ1) is 11.9. The molecule has 0 atom stereocenters. The monoisotopic (exact) mass is 193 g/mol. The minimum atomic E-state index is -2.76. The molecule has 0 aliphatic heterocycles. The van der Waals surface area contributed by atoms with Crippen LogP contribution in [0, 0.1) is 0 Å². The molecule has 4 heteroatoms. The summed E-state index contributed by atoms with van der Waals surface area (Å²) < 4.78 is 21.5. The molecule has 0 amide bonds. The van der Waals surface area contributed by atoms with Crippen molar-refractivity contribution in [1.29, 1.82) is 0 Å². The lowest BCUT2D eigenvalue weighted by Gasteiger charge is -2.14. The fraction of sp³-hybridized carbons (Fsp3) is 1.00. The van der Waals surface area contributed by atoms with Gasteiger partial charge in [0, 0.05) is 6.26 Å². The molecule has 12 heavy (non-hydrogen) atoms. The van der Waals surface area contributed by atoms with E-state index in [2.05, 4.69) is 11.8 Å². The third-order valence-electron chi connectivity index (χ3n) is 1.66. The van der Waals surface area contributed by atoms with Crippen molar-refractivity contribution < 1.29 is 8.42 Å². The molecular weight excluding hydrogens is 174 g/mol. The van der Waals surface area contributed by atoms with E-state index in [4.69, 9.17) is 0 Å². The minimum Gasteiger partial charge on any atom is -0.306 e. The lowest BCUT2D eigenvalue weighted by Crippen LogP contribution is -2.22. The van der Waals surface area contributed by atoms with Gasteiger partial charge >= 0.3 is 0 Å². The second-order valence-electron chi connectivity index (χ2n) is 3.29. The van der Waals surface area contributed by atoms with E-state index in [1.807, 2.05) is 7.05 Å². The van der Waals surface area contributed by atoms with Crippen LogP contribution in [0.25, 0.3) is 0 Å². The standard InChI is InChI=1S/C8H19NO2S/c1-4-6-9(2)7-5-8-12(3,10)11/h4-8H2,1-3H3. The van der Waals surface area contributed by atoms with E-state index in [-0.39, 0.29) is 0 Å². The van der Waals surface area contributed by atoms with E-state index in [0.717, 1.165) is 25.9 Å². The Kier molecular flexibility index (Phi) is 5.50. The van der Waals surface area contributed by atoms with Crippen LogP contribution in [0.15, 0.2) is 0 Å². The van der Waals surface area contributed by atoms with E-state index in [0.29, 0.717) is 5.75 Å². The van der Waals surface area contributed by atoms with Crippen molar-refractivity contribution in [3.63, 3.8) is 0 Å². The second kappa shape index (κ2) is 5.54. The van der Waals surface area contributed by atoms with Gasteiger partial charge in [-0.15, -0.1) is 0 Å². The Morgan fingerprint density at radius 2 is 1.83 bits per heavy atom. The second-order valence-corrected chi connectivity index (χ2v) is 5.55. The van der Waals surface area contributed by atoms with Crippen LogP contribution in [0.2, 0.25) is 0 Å². The molecule has 3 nitrogen and oxygen atoms in total. The van der Waals surface area contributed by atoms with E-state index in [9.17, 15) is 8.42 Å². The lowest BCUT2D eigenvalue weighted by molar-refractivity contribution is 0.336. The van der Waals surface area contributed by atoms with Crippen LogP contribution in [-0.2, 0) is 9.84 Å². The van der Waals surface area contributed by atoms with Crippen LogP contribution in [0.3, 0.4) is 0 Å². The van der Waals surface area contributed by atoms with Gasteiger partial charge in [0.15, 0.2) is 0 Å². The molecular formula is C8H19NO2S. The van der Waals surface area contributed by atoms with Crippen molar-refractivity contribution in [2.24, 2.45) is 0 Å². The van der Waals surface area contributed by atoms with Gasteiger partial charge in [0.2, 0.25) is 0 Å². The summed E-state index contributed by atoms with van der Waals surface area (Å²) in [5, 5.41) is 0. The molecule has 0 aromatic carbocycles. The number of sulfone groups is 1. The third-order valence-corrected chi connectivity index (χ3v) is 2.69. The highest BCUT2D eigenvalue weighted by Gasteiger charge is 2.02. The average Bonchev–Trinajstić information content (AvgIpc) is 1.84. The largest absolute Gasteiger partial charge is 0.306 e. The van der Waals surface area contributed by atoms with Crippen molar-refractivity contribution in [1.82, 2.24) is 4.90 Å². The zero-order chi connectivity index (χ0) is 9.61. The highest BCUT2D eigenvalue weighted by atomic mass is 32.2. The molecule has 0 rings (SSSR count). The molecule has 0 aromatic rings. The first-order valence-corrected chi connectivity index (χ1v) is 6.38. The Morgan fingerprint density at radius 3 is 2.25 bits per heavy atom. The van der Waals surface area contributed by atoms with Gasteiger partial charge in [-0.3, -0.25) is 0 Å². The maximum absolute atomic E-state index is 10.8. The van der Waals surface area contributed by atoms with Gasteiger partial charge in [-0.2, -0.15) is 0 Å². The fourth-order valence-corrected chi connectivity index (χ4v) is 1.74. The van der Waals surface area contributed by atoms with Gasteiger partial charge in [0.25, 0.3) is 0 Å². The maximum atomic E-state index is 10.8. The lowest BCUT2D eigenvalue weighted by atomic mass is 10.4. The van der Waals surface area contributed by atoms with Gasteiger partial charge in [-0.25, -0.2) is 8.42 Å². The van der Waals surface area contributed by atoms with E-state index >= 15 is 0 Å². The Labute approximate surface area is 75.7 Å². The first-order chi connectivity index (χ1) is 5.45. The quantitative estimate of drug-likeness (QED) is 0.625. The van der Waals surface area contributed by atoms with Gasteiger partial charge in [-0.05, 0) is 33.0 Å². The van der Waals surface area contributed by atoms with Crippen molar-refractivity contribution in [2.75, 3.05) is 32.1 Å². The highest BCUT2D eigenvalue weighted by Crippen LogP contribution is 1.93. The van der Waals surface area contributed by atoms with Gasteiger partial charge in [0.05, 0.1) is 5.75 Å². The van der Waals surface area contributed by atoms with Crippen LogP contribution >= 0.6 is 0 Å². The van der Waals surface area contributed by atoms with Crippen LogP contribution in [-0.4, -0.2) is 45.5 Å². The first-order valence-electron chi connectivity index (χ1n) is 4.32. The van der Waals surface area contributed by atoms with Crippen LogP contribution in [0.4, 0.5) is 0 Å². The molecule has 0 spiro atoms. The highest BCUT2D eigenvalue weighted by molar-refractivity contribution is 7.90. The van der Waals surface area contributed by atoms with Gasteiger partial charge < -0.3 is 4.90 Å². The molecule has 0 N–H and O–H groups in total.